The minimum absolute atomic E-state index is 0.0610. The lowest BCUT2D eigenvalue weighted by atomic mass is 10.1. The summed E-state index contributed by atoms with van der Waals surface area (Å²) >= 11 is 7.21. The van der Waals surface area contributed by atoms with E-state index in [1.807, 2.05) is 45.0 Å². The van der Waals surface area contributed by atoms with E-state index in [4.69, 9.17) is 16.0 Å². The highest BCUT2D eigenvalue weighted by Gasteiger charge is 2.29. The van der Waals surface area contributed by atoms with Gasteiger partial charge in [0.25, 0.3) is 0 Å². The van der Waals surface area contributed by atoms with E-state index >= 15 is 0 Å². The topological polar surface area (TPSA) is 60.2 Å². The minimum Gasteiger partial charge on any atom is -0.428 e. The molecule has 0 fully saturated rings. The third-order valence-electron chi connectivity index (χ3n) is 3.59. The van der Waals surface area contributed by atoms with Crippen molar-refractivity contribution in [2.45, 2.75) is 41.0 Å². The number of halogens is 1. The second kappa shape index (κ2) is 7.47. The van der Waals surface area contributed by atoms with Gasteiger partial charge in [-0.05, 0) is 43.3 Å². The summed E-state index contributed by atoms with van der Waals surface area (Å²) in [7, 11) is -3.81. The standard InChI is InChI=1S/C19H18ClNO3S2/c1-12(2)25-19-18(26(22,23)16-10-8-15(20)9-11-16)21-17(24-19)14-6-4-13(3)5-7-14/h4-12H,1-3H3. The zero-order valence-corrected chi connectivity index (χ0v) is 17.0. The number of aryl methyl sites for hydroxylation is 1. The quantitative estimate of drug-likeness (QED) is 0.512. The molecule has 1 heterocycles. The summed E-state index contributed by atoms with van der Waals surface area (Å²) in [5.74, 6) is 0.292. The maximum atomic E-state index is 13.1. The summed E-state index contributed by atoms with van der Waals surface area (Å²) in [4.78, 5) is 4.46. The van der Waals surface area contributed by atoms with Crippen molar-refractivity contribution in [2.75, 3.05) is 0 Å². The first kappa shape index (κ1) is 19.0. The van der Waals surface area contributed by atoms with Crippen molar-refractivity contribution >= 4 is 33.2 Å². The summed E-state index contributed by atoms with van der Waals surface area (Å²) in [6, 6.07) is 13.6. The second-order valence-electron chi connectivity index (χ2n) is 6.10. The Morgan fingerprint density at radius 1 is 1.04 bits per heavy atom. The molecule has 0 aliphatic carbocycles. The van der Waals surface area contributed by atoms with Crippen molar-refractivity contribution in [1.29, 1.82) is 0 Å². The van der Waals surface area contributed by atoms with E-state index < -0.39 is 9.84 Å². The molecule has 1 aromatic heterocycles. The Morgan fingerprint density at radius 2 is 1.65 bits per heavy atom. The Morgan fingerprint density at radius 3 is 2.23 bits per heavy atom. The van der Waals surface area contributed by atoms with Gasteiger partial charge >= 0.3 is 0 Å². The fourth-order valence-corrected chi connectivity index (χ4v) is 4.78. The molecule has 2 aromatic carbocycles. The predicted octanol–water partition coefficient (Wildman–Crippen LogP) is 5.64. The number of aromatic nitrogens is 1. The lowest BCUT2D eigenvalue weighted by molar-refractivity contribution is 0.469. The molecule has 0 saturated carbocycles. The monoisotopic (exact) mass is 407 g/mol. The van der Waals surface area contributed by atoms with E-state index in [-0.39, 0.29) is 15.2 Å². The van der Waals surface area contributed by atoms with Gasteiger partial charge in [0.15, 0.2) is 0 Å². The van der Waals surface area contributed by atoms with E-state index in [9.17, 15) is 8.42 Å². The Bertz CT molecular complexity index is 1010. The zero-order valence-electron chi connectivity index (χ0n) is 14.6. The fourth-order valence-electron chi connectivity index (χ4n) is 2.30. The molecular weight excluding hydrogens is 390 g/mol. The first-order valence-corrected chi connectivity index (χ1v) is 10.8. The number of hydrogen-bond acceptors (Lipinski definition) is 5. The van der Waals surface area contributed by atoms with E-state index in [0.717, 1.165) is 11.1 Å². The highest BCUT2D eigenvalue weighted by atomic mass is 35.5. The fraction of sp³-hybridized carbons (Fsp3) is 0.211. The normalized spacial score (nSPS) is 11.9. The third-order valence-corrected chi connectivity index (χ3v) is 6.61. The van der Waals surface area contributed by atoms with E-state index in [2.05, 4.69) is 4.98 Å². The van der Waals surface area contributed by atoms with Gasteiger partial charge in [0.2, 0.25) is 25.8 Å². The molecule has 26 heavy (non-hydrogen) atoms. The molecule has 0 atom stereocenters. The first-order chi connectivity index (χ1) is 12.3. The Kier molecular flexibility index (Phi) is 5.46. The van der Waals surface area contributed by atoms with Gasteiger partial charge in [0, 0.05) is 15.8 Å². The van der Waals surface area contributed by atoms with Gasteiger partial charge in [-0.1, -0.05) is 54.9 Å². The van der Waals surface area contributed by atoms with Crippen LogP contribution in [0.3, 0.4) is 0 Å². The summed E-state index contributed by atoms with van der Waals surface area (Å²) < 4.78 is 32.0. The molecule has 0 aliphatic rings. The van der Waals surface area contributed by atoms with Gasteiger partial charge < -0.3 is 4.42 Å². The van der Waals surface area contributed by atoms with Crippen molar-refractivity contribution in [3.05, 3.63) is 59.1 Å². The maximum absolute atomic E-state index is 13.1. The molecule has 0 aliphatic heterocycles. The van der Waals surface area contributed by atoms with Crippen LogP contribution in [0.1, 0.15) is 19.4 Å². The van der Waals surface area contributed by atoms with E-state index in [1.54, 1.807) is 12.1 Å². The molecule has 4 nitrogen and oxygen atoms in total. The van der Waals surface area contributed by atoms with Crippen LogP contribution >= 0.6 is 23.4 Å². The van der Waals surface area contributed by atoms with E-state index in [0.29, 0.717) is 16.0 Å². The molecular formula is C19H18ClNO3S2. The van der Waals surface area contributed by atoms with Crippen LogP contribution in [0.4, 0.5) is 0 Å². The molecule has 0 amide bonds. The van der Waals surface area contributed by atoms with Crippen LogP contribution in [0.25, 0.3) is 11.5 Å². The number of sulfone groups is 1. The van der Waals surface area contributed by atoms with Crippen LogP contribution in [0.15, 0.2) is 68.0 Å². The van der Waals surface area contributed by atoms with Gasteiger partial charge in [-0.3, -0.25) is 0 Å². The van der Waals surface area contributed by atoms with Crippen molar-refractivity contribution in [3.8, 4) is 11.5 Å². The van der Waals surface area contributed by atoms with Crippen LogP contribution < -0.4 is 0 Å². The number of oxazole rings is 1. The number of thioether (sulfide) groups is 1. The van der Waals surface area contributed by atoms with Gasteiger partial charge in [0.05, 0.1) is 4.90 Å². The van der Waals surface area contributed by atoms with Crippen LogP contribution in [0, 0.1) is 6.92 Å². The summed E-state index contributed by atoms with van der Waals surface area (Å²) in [5.41, 5.74) is 1.84. The Hall–Kier alpha value is -1.76. The van der Waals surface area contributed by atoms with Crippen molar-refractivity contribution in [2.24, 2.45) is 0 Å². The average molecular weight is 408 g/mol. The van der Waals surface area contributed by atoms with Crippen molar-refractivity contribution in [1.82, 2.24) is 4.98 Å². The second-order valence-corrected chi connectivity index (χ2v) is 9.95. The van der Waals surface area contributed by atoms with Gasteiger partial charge in [-0.25, -0.2) is 8.42 Å². The molecule has 3 rings (SSSR count). The maximum Gasteiger partial charge on any atom is 0.228 e. The van der Waals surface area contributed by atoms with Crippen LogP contribution in [-0.4, -0.2) is 18.7 Å². The molecule has 3 aromatic rings. The summed E-state index contributed by atoms with van der Waals surface area (Å²) in [6.45, 7) is 5.92. The molecule has 7 heteroatoms. The van der Waals surface area contributed by atoms with Crippen molar-refractivity contribution in [3.63, 3.8) is 0 Å². The lowest BCUT2D eigenvalue weighted by Crippen LogP contribution is -2.04. The minimum atomic E-state index is -3.81. The molecule has 136 valence electrons. The van der Waals surface area contributed by atoms with E-state index in [1.165, 1.54) is 23.9 Å². The number of rotatable bonds is 5. The SMILES string of the molecule is Cc1ccc(-c2nc(S(=O)(=O)c3ccc(Cl)cc3)c(SC(C)C)o2)cc1. The molecule has 0 radical (unpaired) electrons. The Labute approximate surface area is 162 Å². The summed E-state index contributed by atoms with van der Waals surface area (Å²) in [6.07, 6.45) is 0. The largest absolute Gasteiger partial charge is 0.428 e. The van der Waals surface area contributed by atoms with Crippen LogP contribution in [-0.2, 0) is 9.84 Å². The smallest absolute Gasteiger partial charge is 0.228 e. The van der Waals surface area contributed by atoms with Gasteiger partial charge in [-0.2, -0.15) is 4.98 Å². The van der Waals surface area contributed by atoms with Crippen molar-refractivity contribution < 1.29 is 12.8 Å². The molecule has 0 unspecified atom stereocenters. The average Bonchev–Trinajstić information content (AvgIpc) is 3.00. The Balaban J connectivity index is 2.12. The number of nitrogens with zero attached hydrogens (tertiary/aromatic N) is 1. The summed E-state index contributed by atoms with van der Waals surface area (Å²) in [5, 5.41) is 0.855. The molecule has 0 N–H and O–H groups in total. The van der Waals surface area contributed by atoms with Gasteiger partial charge in [-0.15, -0.1) is 0 Å². The molecule has 0 bridgehead atoms. The predicted molar refractivity (Wildman–Crippen MR) is 105 cm³/mol. The molecule has 0 saturated heterocycles. The highest BCUT2D eigenvalue weighted by Crippen LogP contribution is 2.36. The lowest BCUT2D eigenvalue weighted by Gasteiger charge is -2.05. The van der Waals surface area contributed by atoms with Crippen LogP contribution in [0.2, 0.25) is 5.02 Å². The van der Waals surface area contributed by atoms with Gasteiger partial charge in [0.1, 0.15) is 0 Å². The number of benzene rings is 2. The molecule has 0 spiro atoms. The number of hydrogen-bond donors (Lipinski definition) is 0. The first-order valence-electron chi connectivity index (χ1n) is 8.02. The highest BCUT2D eigenvalue weighted by molar-refractivity contribution is 8.00. The third kappa shape index (κ3) is 3.98. The zero-order chi connectivity index (χ0) is 18.9. The van der Waals surface area contributed by atoms with Crippen LogP contribution in [0.5, 0.6) is 0 Å².